The zero-order chi connectivity index (χ0) is 14.9. The van der Waals surface area contributed by atoms with E-state index in [0.717, 1.165) is 5.56 Å². The molecule has 2 heterocycles. The predicted octanol–water partition coefficient (Wildman–Crippen LogP) is 2.79. The van der Waals surface area contributed by atoms with Crippen LogP contribution in [0.2, 0.25) is 0 Å². The van der Waals surface area contributed by atoms with Gasteiger partial charge in [-0.3, -0.25) is 4.68 Å². The lowest BCUT2D eigenvalue weighted by Crippen LogP contribution is -2.26. The third-order valence-electron chi connectivity index (χ3n) is 3.73. The summed E-state index contributed by atoms with van der Waals surface area (Å²) in [6, 6.07) is 9.72. The van der Waals surface area contributed by atoms with E-state index >= 15 is 0 Å². The monoisotopic (exact) mass is 295 g/mol. The number of benzene rings is 1. The molecule has 0 unspecified atom stereocenters. The number of halogens is 3. The highest BCUT2D eigenvalue weighted by atomic mass is 19.4. The van der Waals surface area contributed by atoms with Crippen molar-refractivity contribution in [3.63, 3.8) is 0 Å². The highest BCUT2D eigenvalue weighted by molar-refractivity contribution is 5.31. The second-order valence-electron chi connectivity index (χ2n) is 5.16. The molecule has 0 amide bonds. The van der Waals surface area contributed by atoms with Crippen LogP contribution in [0.5, 0.6) is 0 Å². The van der Waals surface area contributed by atoms with Gasteiger partial charge in [-0.25, -0.2) is 0 Å². The highest BCUT2D eigenvalue weighted by Crippen LogP contribution is 2.33. The van der Waals surface area contributed by atoms with Crippen LogP contribution in [0.4, 0.5) is 13.2 Å². The Hall–Kier alpha value is -1.82. The Kier molecular flexibility index (Phi) is 3.71. The van der Waals surface area contributed by atoms with E-state index in [1.165, 1.54) is 4.68 Å². The Bertz CT molecular complexity index is 617. The first-order valence-corrected chi connectivity index (χ1v) is 6.96. The largest absolute Gasteiger partial charge is 0.435 e. The van der Waals surface area contributed by atoms with Gasteiger partial charge in [0.15, 0.2) is 5.69 Å². The molecule has 0 radical (unpaired) electrons. The van der Waals surface area contributed by atoms with Crippen LogP contribution in [0, 0.1) is 0 Å². The third-order valence-corrected chi connectivity index (χ3v) is 3.73. The molecule has 0 spiro atoms. The summed E-state index contributed by atoms with van der Waals surface area (Å²) in [7, 11) is 0. The van der Waals surface area contributed by atoms with Crippen molar-refractivity contribution in [1.82, 2.24) is 15.1 Å². The SMILES string of the molecule is FC(F)(F)c1nn(CCc2ccccc2)c2c1CCNC2. The fourth-order valence-corrected chi connectivity index (χ4v) is 2.71. The van der Waals surface area contributed by atoms with Crippen LogP contribution < -0.4 is 5.32 Å². The molecule has 112 valence electrons. The summed E-state index contributed by atoms with van der Waals surface area (Å²) in [4.78, 5) is 0. The van der Waals surface area contributed by atoms with Crippen molar-refractivity contribution >= 4 is 0 Å². The zero-order valence-electron chi connectivity index (χ0n) is 11.5. The number of hydrogen-bond acceptors (Lipinski definition) is 2. The van der Waals surface area contributed by atoms with Crippen molar-refractivity contribution in [3.05, 3.63) is 52.8 Å². The molecule has 1 aromatic carbocycles. The summed E-state index contributed by atoms with van der Waals surface area (Å²) >= 11 is 0. The van der Waals surface area contributed by atoms with Crippen LogP contribution >= 0.6 is 0 Å². The molecular formula is C15H16F3N3. The summed E-state index contributed by atoms with van der Waals surface area (Å²) in [5, 5.41) is 6.95. The minimum Gasteiger partial charge on any atom is -0.311 e. The number of nitrogens with zero attached hydrogens (tertiary/aromatic N) is 2. The van der Waals surface area contributed by atoms with Crippen LogP contribution in [0.25, 0.3) is 0 Å². The molecule has 21 heavy (non-hydrogen) atoms. The normalized spacial score (nSPS) is 15.0. The topological polar surface area (TPSA) is 29.9 Å². The van der Waals surface area contributed by atoms with E-state index in [9.17, 15) is 13.2 Å². The molecule has 0 aliphatic carbocycles. The van der Waals surface area contributed by atoms with E-state index in [4.69, 9.17) is 0 Å². The van der Waals surface area contributed by atoms with Gasteiger partial charge in [0.2, 0.25) is 0 Å². The minimum atomic E-state index is -4.38. The molecule has 1 N–H and O–H groups in total. The summed E-state index contributed by atoms with van der Waals surface area (Å²) in [5.74, 6) is 0. The molecule has 1 aliphatic heterocycles. The van der Waals surface area contributed by atoms with E-state index in [1.807, 2.05) is 30.3 Å². The van der Waals surface area contributed by atoms with E-state index in [2.05, 4.69) is 10.4 Å². The fourth-order valence-electron chi connectivity index (χ4n) is 2.71. The highest BCUT2D eigenvalue weighted by Gasteiger charge is 2.39. The van der Waals surface area contributed by atoms with Gasteiger partial charge in [-0.05, 0) is 24.9 Å². The molecule has 3 nitrogen and oxygen atoms in total. The Labute approximate surface area is 120 Å². The second-order valence-corrected chi connectivity index (χ2v) is 5.16. The van der Waals surface area contributed by atoms with Gasteiger partial charge in [-0.1, -0.05) is 30.3 Å². The number of fused-ring (bicyclic) bond motifs is 1. The van der Waals surface area contributed by atoms with Gasteiger partial charge in [-0.15, -0.1) is 0 Å². The van der Waals surface area contributed by atoms with Crippen LogP contribution in [-0.2, 0) is 32.1 Å². The summed E-state index contributed by atoms with van der Waals surface area (Å²) in [6.07, 6.45) is -3.32. The Balaban J connectivity index is 1.87. The number of alkyl halides is 3. The molecule has 3 rings (SSSR count). The first kappa shape index (κ1) is 14.1. The molecule has 0 saturated heterocycles. The molecule has 1 aliphatic rings. The van der Waals surface area contributed by atoms with Gasteiger partial charge < -0.3 is 5.32 Å². The van der Waals surface area contributed by atoms with Crippen molar-refractivity contribution in [2.75, 3.05) is 6.54 Å². The first-order valence-electron chi connectivity index (χ1n) is 6.96. The van der Waals surface area contributed by atoms with Gasteiger partial charge in [0.25, 0.3) is 0 Å². The van der Waals surface area contributed by atoms with Crippen molar-refractivity contribution in [1.29, 1.82) is 0 Å². The maximum Gasteiger partial charge on any atom is 0.435 e. The molecule has 2 aromatic rings. The van der Waals surface area contributed by atoms with Gasteiger partial charge in [0.05, 0.1) is 5.69 Å². The average molecular weight is 295 g/mol. The van der Waals surface area contributed by atoms with Gasteiger partial charge >= 0.3 is 6.18 Å². The number of nitrogens with one attached hydrogen (secondary N) is 1. The second kappa shape index (κ2) is 5.52. The van der Waals surface area contributed by atoms with Crippen LogP contribution in [0.15, 0.2) is 30.3 Å². The summed E-state index contributed by atoms with van der Waals surface area (Å²) < 4.78 is 40.7. The first-order chi connectivity index (χ1) is 10.1. The fraction of sp³-hybridized carbons (Fsp3) is 0.400. The molecule has 0 atom stereocenters. The molecule has 0 bridgehead atoms. The van der Waals surface area contributed by atoms with Crippen LogP contribution in [0.3, 0.4) is 0 Å². The maximum absolute atomic E-state index is 13.1. The molecular weight excluding hydrogens is 279 g/mol. The lowest BCUT2D eigenvalue weighted by atomic mass is 10.1. The van der Waals surface area contributed by atoms with E-state index in [0.29, 0.717) is 43.7 Å². The van der Waals surface area contributed by atoms with E-state index in [-0.39, 0.29) is 0 Å². The third kappa shape index (κ3) is 2.95. The predicted molar refractivity (Wildman–Crippen MR) is 72.8 cm³/mol. The molecule has 0 fully saturated rings. The number of rotatable bonds is 3. The standard InChI is InChI=1S/C15H16F3N3/c16-15(17,18)14-12-6-8-19-10-13(12)21(20-14)9-7-11-4-2-1-3-5-11/h1-5,19H,6-10H2. The quantitative estimate of drug-likeness (QED) is 0.943. The number of aromatic nitrogens is 2. The average Bonchev–Trinajstić information content (AvgIpc) is 2.85. The number of aryl methyl sites for hydroxylation is 2. The van der Waals surface area contributed by atoms with E-state index in [1.54, 1.807) is 0 Å². The molecule has 1 aromatic heterocycles. The van der Waals surface area contributed by atoms with Crippen LogP contribution in [-0.4, -0.2) is 16.3 Å². The van der Waals surface area contributed by atoms with Crippen molar-refractivity contribution < 1.29 is 13.2 Å². The maximum atomic E-state index is 13.1. The lowest BCUT2D eigenvalue weighted by Gasteiger charge is -2.16. The molecule has 6 heteroatoms. The summed E-state index contributed by atoms with van der Waals surface area (Å²) in [6.45, 7) is 1.48. The smallest absolute Gasteiger partial charge is 0.311 e. The minimum absolute atomic E-state index is 0.356. The van der Waals surface area contributed by atoms with E-state index < -0.39 is 11.9 Å². The number of hydrogen-bond donors (Lipinski definition) is 1. The van der Waals surface area contributed by atoms with Crippen molar-refractivity contribution in [2.24, 2.45) is 0 Å². The Morgan fingerprint density at radius 2 is 1.95 bits per heavy atom. The van der Waals surface area contributed by atoms with Gasteiger partial charge in [0, 0.05) is 18.7 Å². The van der Waals surface area contributed by atoms with Crippen LogP contribution in [0.1, 0.15) is 22.5 Å². The van der Waals surface area contributed by atoms with Gasteiger partial charge in [-0.2, -0.15) is 18.3 Å². The summed E-state index contributed by atoms with van der Waals surface area (Å²) in [5.41, 5.74) is 1.41. The van der Waals surface area contributed by atoms with Gasteiger partial charge in [0.1, 0.15) is 0 Å². The Morgan fingerprint density at radius 3 is 2.67 bits per heavy atom. The Morgan fingerprint density at radius 1 is 1.19 bits per heavy atom. The van der Waals surface area contributed by atoms with Crippen molar-refractivity contribution in [3.8, 4) is 0 Å². The lowest BCUT2D eigenvalue weighted by molar-refractivity contribution is -0.142. The molecule has 0 saturated carbocycles. The zero-order valence-corrected chi connectivity index (χ0v) is 11.5. The van der Waals surface area contributed by atoms with Crippen molar-refractivity contribution in [2.45, 2.75) is 32.1 Å².